The van der Waals surface area contributed by atoms with Crippen LogP contribution in [-0.4, -0.2) is 23.3 Å². The second kappa shape index (κ2) is 7.25. The summed E-state index contributed by atoms with van der Waals surface area (Å²) in [7, 11) is 0. The van der Waals surface area contributed by atoms with E-state index in [1.807, 2.05) is 0 Å². The Bertz CT molecular complexity index is 1240. The van der Waals surface area contributed by atoms with E-state index in [9.17, 15) is 24.3 Å². The van der Waals surface area contributed by atoms with Crippen LogP contribution in [0.15, 0.2) is 89.6 Å². The Labute approximate surface area is 171 Å². The first-order chi connectivity index (χ1) is 14.4. The lowest BCUT2D eigenvalue weighted by Gasteiger charge is -2.08. The van der Waals surface area contributed by atoms with Gasteiger partial charge in [0.25, 0.3) is 0 Å². The molecular weight excluding hydrogens is 382 g/mol. The lowest BCUT2D eigenvalue weighted by atomic mass is 10.1. The Hall–Kier alpha value is -4.32. The second-order valence-electron chi connectivity index (χ2n) is 6.72. The fourth-order valence-corrected chi connectivity index (χ4v) is 3.41. The normalized spacial score (nSPS) is 15.8. The topological polar surface area (TPSA) is 117 Å². The number of nitrogens with two attached hydrogens (primary N) is 1. The maximum Gasteiger partial charge on any atom is 0.248 e. The van der Waals surface area contributed by atoms with Gasteiger partial charge in [-0.1, -0.05) is 60.4 Å². The van der Waals surface area contributed by atoms with Gasteiger partial charge in [0.2, 0.25) is 5.91 Å². The van der Waals surface area contributed by atoms with Gasteiger partial charge in [0.1, 0.15) is 0 Å². The monoisotopic (exact) mass is 396 g/mol. The van der Waals surface area contributed by atoms with Gasteiger partial charge in [-0.05, 0) is 23.8 Å². The van der Waals surface area contributed by atoms with Crippen LogP contribution in [0.25, 0.3) is 5.76 Å². The number of fused-ring (bicyclic) bond motifs is 2. The summed E-state index contributed by atoms with van der Waals surface area (Å²) in [5, 5.41) is 12.4. The summed E-state index contributed by atoms with van der Waals surface area (Å²) in [4.78, 5) is 49.1. The predicted molar refractivity (Wildman–Crippen MR) is 107 cm³/mol. The van der Waals surface area contributed by atoms with E-state index in [1.54, 1.807) is 48.5 Å². The van der Waals surface area contributed by atoms with Gasteiger partial charge in [-0.15, -0.1) is 0 Å². The van der Waals surface area contributed by atoms with Gasteiger partial charge in [0.15, 0.2) is 17.3 Å². The molecule has 0 saturated heterocycles. The van der Waals surface area contributed by atoms with E-state index in [0.29, 0.717) is 22.3 Å². The van der Waals surface area contributed by atoms with Gasteiger partial charge in [0.05, 0.1) is 5.57 Å². The summed E-state index contributed by atoms with van der Waals surface area (Å²) >= 11 is 0. The molecule has 6 heteroatoms. The molecule has 0 spiro atoms. The third-order valence-electron chi connectivity index (χ3n) is 4.95. The van der Waals surface area contributed by atoms with Crippen molar-refractivity contribution in [2.75, 3.05) is 0 Å². The van der Waals surface area contributed by atoms with E-state index in [4.69, 9.17) is 5.73 Å². The lowest BCUT2D eigenvalue weighted by Crippen LogP contribution is -2.13. The van der Waals surface area contributed by atoms with Gasteiger partial charge in [-0.2, -0.15) is 0 Å². The molecule has 30 heavy (non-hydrogen) atoms. The Kier molecular flexibility index (Phi) is 4.60. The zero-order valence-corrected chi connectivity index (χ0v) is 15.5. The highest BCUT2D eigenvalue weighted by Gasteiger charge is 2.32. The molecule has 0 atom stereocenters. The van der Waals surface area contributed by atoms with Crippen LogP contribution in [0.3, 0.4) is 0 Å². The van der Waals surface area contributed by atoms with Gasteiger partial charge in [0, 0.05) is 27.8 Å². The molecule has 0 aliphatic heterocycles. The molecule has 0 saturated carbocycles. The van der Waals surface area contributed by atoms with Crippen molar-refractivity contribution < 1.29 is 24.3 Å². The predicted octanol–water partition coefficient (Wildman–Crippen LogP) is 1.93. The van der Waals surface area contributed by atoms with Crippen molar-refractivity contribution in [1.29, 1.82) is 0 Å². The zero-order valence-electron chi connectivity index (χ0n) is 15.5. The number of rotatable bonds is 4. The van der Waals surface area contributed by atoms with Crippen LogP contribution in [0.2, 0.25) is 0 Å². The van der Waals surface area contributed by atoms with Crippen LogP contribution in [0.5, 0.6) is 0 Å². The van der Waals surface area contributed by atoms with Gasteiger partial charge >= 0.3 is 0 Å². The molecule has 0 radical (unpaired) electrons. The smallest absolute Gasteiger partial charge is 0.248 e. The Morgan fingerprint density at radius 2 is 1.30 bits per heavy atom. The molecule has 0 fully saturated rings. The number of ketones is 3. The molecule has 0 heterocycles. The van der Waals surface area contributed by atoms with E-state index in [-0.39, 0.29) is 16.7 Å². The highest BCUT2D eigenvalue weighted by atomic mass is 16.3. The number of primary amides is 1. The number of allylic oxidation sites excluding steroid dienone is 5. The quantitative estimate of drug-likeness (QED) is 0.481. The molecule has 2 aromatic carbocycles. The standard InChI is InChI=1S/C24H15NO5/c25-24(30)13(9-11-18-20(26)14-5-1-2-6-15(14)21(18)27)10-12-19-22(28)16-7-3-4-8-17(16)23(19)29/h1-12,26H,(H2,25,30)/p-1/b11-9+,13-10-. The van der Waals surface area contributed by atoms with Crippen LogP contribution in [-0.2, 0) is 4.79 Å². The molecule has 6 nitrogen and oxygen atoms in total. The van der Waals surface area contributed by atoms with Crippen LogP contribution < -0.4 is 10.8 Å². The maximum atomic E-state index is 12.4. The van der Waals surface area contributed by atoms with Crippen molar-refractivity contribution in [3.05, 3.63) is 112 Å². The highest BCUT2D eigenvalue weighted by Crippen LogP contribution is 2.30. The minimum absolute atomic E-state index is 0.0666. The van der Waals surface area contributed by atoms with Crippen LogP contribution >= 0.6 is 0 Å². The summed E-state index contributed by atoms with van der Waals surface area (Å²) in [6.07, 6.45) is 4.92. The van der Waals surface area contributed by atoms with E-state index in [1.165, 1.54) is 24.3 Å². The molecular formula is C24H14NO5-. The van der Waals surface area contributed by atoms with E-state index in [2.05, 4.69) is 0 Å². The molecule has 4 rings (SSSR count). The number of amides is 1. The summed E-state index contributed by atoms with van der Waals surface area (Å²) < 4.78 is 0. The van der Waals surface area contributed by atoms with Crippen molar-refractivity contribution in [2.45, 2.75) is 0 Å². The number of carbonyl (C=O) groups excluding carboxylic acids is 4. The fourth-order valence-electron chi connectivity index (χ4n) is 3.41. The van der Waals surface area contributed by atoms with Crippen molar-refractivity contribution in [3.63, 3.8) is 0 Å². The van der Waals surface area contributed by atoms with Crippen LogP contribution in [0.1, 0.15) is 36.6 Å². The van der Waals surface area contributed by atoms with Crippen molar-refractivity contribution in [1.82, 2.24) is 0 Å². The van der Waals surface area contributed by atoms with Crippen LogP contribution in [0.4, 0.5) is 0 Å². The molecule has 0 aromatic heterocycles. The molecule has 146 valence electrons. The van der Waals surface area contributed by atoms with E-state index < -0.39 is 29.0 Å². The molecule has 2 N–H and O–H groups in total. The molecule has 0 unspecified atom stereocenters. The second-order valence-corrected chi connectivity index (χ2v) is 6.72. The number of carbonyl (C=O) groups is 4. The highest BCUT2D eigenvalue weighted by molar-refractivity contribution is 6.39. The van der Waals surface area contributed by atoms with Crippen LogP contribution in [0, 0.1) is 0 Å². The third kappa shape index (κ3) is 3.00. The first kappa shape index (κ1) is 19.0. The number of Topliss-reactive ketones (excluding diaryl/α,β-unsaturated/α-hetero) is 3. The molecule has 2 aromatic rings. The number of hydrogen-bond donors (Lipinski definition) is 1. The largest absolute Gasteiger partial charge is 0.872 e. The summed E-state index contributed by atoms with van der Waals surface area (Å²) in [5.41, 5.74) is 6.34. The Morgan fingerprint density at radius 3 is 1.80 bits per heavy atom. The summed E-state index contributed by atoms with van der Waals surface area (Å²) in [6.45, 7) is 0. The van der Waals surface area contributed by atoms with Crippen molar-refractivity contribution in [3.8, 4) is 0 Å². The SMILES string of the molecule is NC(=O)C(=C\C=C1C(=O)c2ccccc2C1=O)/C=C/C1=C([O-])c2ccccc2C1=O. The summed E-state index contributed by atoms with van der Waals surface area (Å²) in [6, 6.07) is 12.9. The average Bonchev–Trinajstić information content (AvgIpc) is 3.14. The molecule has 0 bridgehead atoms. The first-order valence-electron chi connectivity index (χ1n) is 9.04. The fraction of sp³-hybridized carbons (Fsp3) is 0. The first-order valence-corrected chi connectivity index (χ1v) is 9.04. The molecule has 1 amide bonds. The van der Waals surface area contributed by atoms with E-state index >= 15 is 0 Å². The van der Waals surface area contributed by atoms with E-state index in [0.717, 1.165) is 0 Å². The lowest BCUT2D eigenvalue weighted by molar-refractivity contribution is -0.244. The molecule has 2 aliphatic carbocycles. The average molecular weight is 396 g/mol. The summed E-state index contributed by atoms with van der Waals surface area (Å²) in [5.74, 6) is -2.60. The Morgan fingerprint density at radius 1 is 0.800 bits per heavy atom. The Balaban J connectivity index is 1.66. The van der Waals surface area contributed by atoms with Gasteiger partial charge in [-0.25, -0.2) is 0 Å². The minimum Gasteiger partial charge on any atom is -0.872 e. The zero-order chi connectivity index (χ0) is 21.4. The third-order valence-corrected chi connectivity index (χ3v) is 4.95. The van der Waals surface area contributed by atoms with Crippen molar-refractivity contribution >= 4 is 29.0 Å². The number of benzene rings is 2. The van der Waals surface area contributed by atoms with Gasteiger partial charge < -0.3 is 10.8 Å². The minimum atomic E-state index is -0.838. The van der Waals surface area contributed by atoms with Gasteiger partial charge in [-0.3, -0.25) is 19.2 Å². The number of hydrogen-bond acceptors (Lipinski definition) is 5. The molecule has 2 aliphatic rings. The van der Waals surface area contributed by atoms with Crippen molar-refractivity contribution in [2.24, 2.45) is 5.73 Å². The maximum absolute atomic E-state index is 12.4.